The Labute approximate surface area is 88.1 Å². The van der Waals surface area contributed by atoms with E-state index in [9.17, 15) is 0 Å². The highest BCUT2D eigenvalue weighted by Gasteiger charge is 1.97. The second kappa shape index (κ2) is 4.02. The predicted octanol–water partition coefficient (Wildman–Crippen LogP) is 2.74. The number of rotatable bonds is 2. The summed E-state index contributed by atoms with van der Waals surface area (Å²) in [6, 6.07) is 15.2. The summed E-state index contributed by atoms with van der Waals surface area (Å²) >= 11 is 0. The molecule has 3 heteroatoms. The summed E-state index contributed by atoms with van der Waals surface area (Å²) in [5, 5.41) is 8.67. The highest BCUT2D eigenvalue weighted by atomic mass is 16.5. The monoisotopic (exact) mass is 200 g/mol. The highest BCUT2D eigenvalue weighted by Crippen LogP contribution is 2.21. The Morgan fingerprint density at radius 2 is 1.27 bits per heavy atom. The van der Waals surface area contributed by atoms with Crippen molar-refractivity contribution in [3.8, 4) is 11.1 Å². The van der Waals surface area contributed by atoms with Gasteiger partial charge in [-0.15, -0.1) is 0 Å². The Morgan fingerprint density at radius 3 is 1.73 bits per heavy atom. The van der Waals surface area contributed by atoms with Gasteiger partial charge in [-0.3, -0.25) is 10.7 Å². The molecule has 0 amide bonds. The summed E-state index contributed by atoms with van der Waals surface area (Å²) in [4.78, 5) is 0. The summed E-state index contributed by atoms with van der Waals surface area (Å²) in [6.45, 7) is 0. The topological polar surface area (TPSA) is 58.3 Å². The third-order valence-corrected chi connectivity index (χ3v) is 2.26. The van der Waals surface area contributed by atoms with Crippen molar-refractivity contribution in [2.45, 2.75) is 0 Å². The van der Waals surface area contributed by atoms with Crippen molar-refractivity contribution in [2.24, 2.45) is 0 Å². The maximum atomic E-state index is 8.67. The number of anilines is 2. The highest BCUT2D eigenvalue weighted by molar-refractivity contribution is 5.67. The molecule has 0 aliphatic rings. The van der Waals surface area contributed by atoms with E-state index in [1.807, 2.05) is 48.5 Å². The van der Waals surface area contributed by atoms with Crippen LogP contribution in [0.5, 0.6) is 0 Å². The normalized spacial score (nSPS) is 9.93. The number of hydrogen-bond acceptors (Lipinski definition) is 3. The molecule has 76 valence electrons. The molecule has 2 aromatic rings. The van der Waals surface area contributed by atoms with E-state index in [4.69, 9.17) is 10.9 Å². The van der Waals surface area contributed by atoms with E-state index < -0.39 is 0 Å². The average molecular weight is 200 g/mol. The Balaban J connectivity index is 2.33. The molecule has 4 N–H and O–H groups in total. The van der Waals surface area contributed by atoms with E-state index in [0.717, 1.165) is 16.8 Å². The van der Waals surface area contributed by atoms with Gasteiger partial charge < -0.3 is 5.73 Å². The molecule has 0 bridgehead atoms. The number of nitrogen functional groups attached to an aromatic ring is 1. The van der Waals surface area contributed by atoms with Crippen molar-refractivity contribution in [3.05, 3.63) is 48.5 Å². The minimum atomic E-state index is 0.675. The molecular weight excluding hydrogens is 188 g/mol. The lowest BCUT2D eigenvalue weighted by molar-refractivity contribution is 0.389. The van der Waals surface area contributed by atoms with Crippen molar-refractivity contribution >= 4 is 11.4 Å². The van der Waals surface area contributed by atoms with Gasteiger partial charge in [0.25, 0.3) is 0 Å². The maximum Gasteiger partial charge on any atom is 0.0602 e. The summed E-state index contributed by atoms with van der Waals surface area (Å²) in [5.41, 5.74) is 11.3. The van der Waals surface area contributed by atoms with E-state index >= 15 is 0 Å². The van der Waals surface area contributed by atoms with Crippen LogP contribution in [0.3, 0.4) is 0 Å². The third kappa shape index (κ3) is 2.08. The van der Waals surface area contributed by atoms with Crippen LogP contribution in [0.2, 0.25) is 0 Å². The number of hydrogen-bond donors (Lipinski definition) is 3. The van der Waals surface area contributed by atoms with Gasteiger partial charge in [-0.2, -0.15) is 0 Å². The first-order valence-corrected chi connectivity index (χ1v) is 4.66. The van der Waals surface area contributed by atoms with Crippen LogP contribution >= 0.6 is 0 Å². The first-order valence-electron chi connectivity index (χ1n) is 4.66. The first-order chi connectivity index (χ1) is 7.29. The van der Waals surface area contributed by atoms with E-state index in [2.05, 4.69) is 5.48 Å². The first kappa shape index (κ1) is 9.55. The standard InChI is InChI=1S/C12H12N2O/c13-11-5-1-9(2-6-11)10-3-7-12(14-15)8-4-10/h1-8,14-15H,13H2. The largest absolute Gasteiger partial charge is 0.399 e. The molecule has 0 heterocycles. The molecule has 15 heavy (non-hydrogen) atoms. The van der Waals surface area contributed by atoms with Gasteiger partial charge in [0.2, 0.25) is 0 Å². The summed E-state index contributed by atoms with van der Waals surface area (Å²) in [7, 11) is 0. The Morgan fingerprint density at radius 1 is 0.800 bits per heavy atom. The fourth-order valence-electron chi connectivity index (χ4n) is 1.41. The van der Waals surface area contributed by atoms with Crippen molar-refractivity contribution in [1.29, 1.82) is 0 Å². The van der Waals surface area contributed by atoms with Crippen LogP contribution in [0.15, 0.2) is 48.5 Å². The predicted molar refractivity (Wildman–Crippen MR) is 61.7 cm³/mol. The lowest BCUT2D eigenvalue weighted by atomic mass is 10.1. The van der Waals surface area contributed by atoms with Gasteiger partial charge in [-0.05, 0) is 35.4 Å². The quantitative estimate of drug-likeness (QED) is 0.516. The van der Waals surface area contributed by atoms with Gasteiger partial charge in [-0.1, -0.05) is 24.3 Å². The molecule has 2 rings (SSSR count). The minimum Gasteiger partial charge on any atom is -0.399 e. The van der Waals surface area contributed by atoms with Gasteiger partial charge in [0.15, 0.2) is 0 Å². The summed E-state index contributed by atoms with van der Waals surface area (Å²) in [5.74, 6) is 0. The molecule has 0 saturated carbocycles. The molecule has 2 aromatic carbocycles. The van der Waals surface area contributed by atoms with Crippen molar-refractivity contribution < 1.29 is 5.21 Å². The smallest absolute Gasteiger partial charge is 0.0602 e. The van der Waals surface area contributed by atoms with Crippen molar-refractivity contribution in [2.75, 3.05) is 11.2 Å². The fraction of sp³-hybridized carbons (Fsp3) is 0. The molecule has 0 aliphatic heterocycles. The van der Waals surface area contributed by atoms with Crippen molar-refractivity contribution in [3.63, 3.8) is 0 Å². The Hall–Kier alpha value is -2.00. The van der Waals surface area contributed by atoms with E-state index in [-0.39, 0.29) is 0 Å². The SMILES string of the molecule is Nc1ccc(-c2ccc(NO)cc2)cc1. The number of nitrogens with one attached hydrogen (secondary N) is 1. The van der Waals surface area contributed by atoms with Crippen LogP contribution in [0.25, 0.3) is 11.1 Å². The van der Waals surface area contributed by atoms with E-state index in [1.165, 1.54) is 0 Å². The Kier molecular flexibility index (Phi) is 2.56. The molecule has 0 aliphatic carbocycles. The molecule has 0 saturated heterocycles. The maximum absolute atomic E-state index is 8.67. The minimum absolute atomic E-state index is 0.675. The second-order valence-corrected chi connectivity index (χ2v) is 3.31. The van der Waals surface area contributed by atoms with Gasteiger partial charge in [0.1, 0.15) is 0 Å². The zero-order valence-corrected chi connectivity index (χ0v) is 8.14. The van der Waals surface area contributed by atoms with Gasteiger partial charge in [0.05, 0.1) is 5.69 Å². The van der Waals surface area contributed by atoms with Crippen molar-refractivity contribution in [1.82, 2.24) is 0 Å². The van der Waals surface area contributed by atoms with Crippen LogP contribution in [-0.4, -0.2) is 5.21 Å². The number of nitrogens with two attached hydrogens (primary N) is 1. The molecular formula is C12H12N2O. The van der Waals surface area contributed by atoms with Crippen LogP contribution < -0.4 is 11.2 Å². The van der Waals surface area contributed by atoms with Crippen LogP contribution in [0.1, 0.15) is 0 Å². The lowest BCUT2D eigenvalue weighted by Gasteiger charge is -2.03. The molecule has 0 radical (unpaired) electrons. The second-order valence-electron chi connectivity index (χ2n) is 3.31. The van der Waals surface area contributed by atoms with Crippen LogP contribution in [-0.2, 0) is 0 Å². The van der Waals surface area contributed by atoms with Crippen LogP contribution in [0, 0.1) is 0 Å². The fourth-order valence-corrected chi connectivity index (χ4v) is 1.41. The number of benzene rings is 2. The molecule has 0 aromatic heterocycles. The zero-order chi connectivity index (χ0) is 10.7. The molecule has 3 nitrogen and oxygen atoms in total. The molecule has 0 atom stereocenters. The van der Waals surface area contributed by atoms with E-state index in [0.29, 0.717) is 5.69 Å². The zero-order valence-electron chi connectivity index (χ0n) is 8.14. The summed E-state index contributed by atoms with van der Waals surface area (Å²) < 4.78 is 0. The molecule has 0 fully saturated rings. The van der Waals surface area contributed by atoms with Crippen LogP contribution in [0.4, 0.5) is 11.4 Å². The van der Waals surface area contributed by atoms with Gasteiger partial charge in [-0.25, -0.2) is 0 Å². The average Bonchev–Trinajstić information content (AvgIpc) is 2.30. The Bertz CT molecular complexity index is 434. The molecule has 0 unspecified atom stereocenters. The lowest BCUT2D eigenvalue weighted by Crippen LogP contribution is -1.88. The summed E-state index contributed by atoms with van der Waals surface area (Å²) in [6.07, 6.45) is 0. The van der Waals surface area contributed by atoms with E-state index in [1.54, 1.807) is 0 Å². The molecule has 0 spiro atoms. The van der Waals surface area contributed by atoms with Gasteiger partial charge >= 0.3 is 0 Å². The van der Waals surface area contributed by atoms with Gasteiger partial charge in [0, 0.05) is 5.69 Å². The third-order valence-electron chi connectivity index (χ3n) is 2.26.